The second-order valence-corrected chi connectivity index (χ2v) is 9.53. The molecular formula is C15H24BrClO2. The van der Waals surface area contributed by atoms with E-state index in [-0.39, 0.29) is 26.8 Å². The molecule has 0 aromatic carbocycles. The third kappa shape index (κ3) is 1.56. The highest BCUT2D eigenvalue weighted by molar-refractivity contribution is 9.09. The van der Waals surface area contributed by atoms with Crippen molar-refractivity contribution in [1.82, 2.24) is 0 Å². The number of ether oxygens (including phenoxy) is 1. The minimum Gasteiger partial charge on any atom is -0.386 e. The van der Waals surface area contributed by atoms with Gasteiger partial charge in [0.1, 0.15) is 5.60 Å². The summed E-state index contributed by atoms with van der Waals surface area (Å²) in [5.41, 5.74) is -1.14. The predicted octanol–water partition coefficient (Wildman–Crippen LogP) is 3.87. The van der Waals surface area contributed by atoms with E-state index < -0.39 is 5.60 Å². The first kappa shape index (κ1) is 14.6. The fourth-order valence-corrected chi connectivity index (χ4v) is 5.65. The lowest BCUT2D eigenvalue weighted by Crippen LogP contribution is -2.60. The van der Waals surface area contributed by atoms with Gasteiger partial charge in [-0.1, -0.05) is 29.8 Å². The monoisotopic (exact) mass is 350 g/mol. The molecule has 7 unspecified atom stereocenters. The Balaban J connectivity index is 2.04. The maximum absolute atomic E-state index is 11.4. The van der Waals surface area contributed by atoms with Crippen molar-refractivity contribution in [1.29, 1.82) is 0 Å². The third-order valence-electron chi connectivity index (χ3n) is 6.72. The van der Waals surface area contributed by atoms with Crippen molar-refractivity contribution < 1.29 is 9.84 Å². The van der Waals surface area contributed by atoms with E-state index in [2.05, 4.69) is 36.7 Å². The van der Waals surface area contributed by atoms with Gasteiger partial charge < -0.3 is 9.84 Å². The second-order valence-electron chi connectivity index (χ2n) is 7.56. The Morgan fingerprint density at radius 1 is 1.26 bits per heavy atom. The van der Waals surface area contributed by atoms with Gasteiger partial charge in [0.15, 0.2) is 0 Å². The zero-order valence-electron chi connectivity index (χ0n) is 12.2. The molecule has 1 saturated heterocycles. The number of fused-ring (bicyclic) bond motifs is 3. The molecule has 3 fully saturated rings. The van der Waals surface area contributed by atoms with Gasteiger partial charge in [-0.05, 0) is 45.4 Å². The molecule has 110 valence electrons. The maximum Gasteiger partial charge on any atom is 0.100 e. The number of aliphatic hydroxyl groups is 1. The van der Waals surface area contributed by atoms with Crippen LogP contribution in [0.15, 0.2) is 0 Å². The molecule has 1 heterocycles. The van der Waals surface area contributed by atoms with Crippen molar-refractivity contribution in [2.45, 2.75) is 80.4 Å². The van der Waals surface area contributed by atoms with E-state index >= 15 is 0 Å². The van der Waals surface area contributed by atoms with Crippen LogP contribution in [0.4, 0.5) is 0 Å². The topological polar surface area (TPSA) is 29.5 Å². The molecule has 0 bridgehead atoms. The van der Waals surface area contributed by atoms with Crippen molar-refractivity contribution in [3.8, 4) is 0 Å². The number of hydrogen-bond donors (Lipinski definition) is 1. The van der Waals surface area contributed by atoms with Gasteiger partial charge in [-0.3, -0.25) is 0 Å². The third-order valence-corrected chi connectivity index (χ3v) is 8.73. The van der Waals surface area contributed by atoms with Gasteiger partial charge in [0.25, 0.3) is 0 Å². The lowest BCUT2D eigenvalue weighted by atomic mass is 9.59. The average molecular weight is 352 g/mol. The van der Waals surface area contributed by atoms with Crippen LogP contribution in [0.3, 0.4) is 0 Å². The van der Waals surface area contributed by atoms with Crippen LogP contribution in [0.1, 0.15) is 53.4 Å². The van der Waals surface area contributed by atoms with Crippen LogP contribution in [-0.2, 0) is 4.74 Å². The van der Waals surface area contributed by atoms with Gasteiger partial charge in [0.2, 0.25) is 0 Å². The van der Waals surface area contributed by atoms with E-state index in [9.17, 15) is 5.11 Å². The Bertz CT molecular complexity index is 415. The molecule has 1 N–H and O–H groups in total. The van der Waals surface area contributed by atoms with Crippen molar-refractivity contribution in [3.05, 3.63) is 0 Å². The van der Waals surface area contributed by atoms with Crippen molar-refractivity contribution in [2.75, 3.05) is 0 Å². The molecule has 0 spiro atoms. The van der Waals surface area contributed by atoms with Crippen LogP contribution in [0.2, 0.25) is 0 Å². The van der Waals surface area contributed by atoms with Crippen LogP contribution in [0.25, 0.3) is 0 Å². The second kappa shape index (κ2) is 3.91. The molecule has 0 radical (unpaired) electrons. The summed E-state index contributed by atoms with van der Waals surface area (Å²) in [5, 5.41) is 11.4. The van der Waals surface area contributed by atoms with Gasteiger partial charge in [-0.15, -0.1) is 11.6 Å². The minimum atomic E-state index is -0.755. The van der Waals surface area contributed by atoms with Gasteiger partial charge in [-0.2, -0.15) is 0 Å². The van der Waals surface area contributed by atoms with Gasteiger partial charge in [0.05, 0.1) is 16.6 Å². The zero-order valence-corrected chi connectivity index (χ0v) is 14.5. The summed E-state index contributed by atoms with van der Waals surface area (Å²) in [6.45, 7) is 8.69. The van der Waals surface area contributed by atoms with Crippen LogP contribution in [0.5, 0.6) is 0 Å². The van der Waals surface area contributed by atoms with E-state index in [1.165, 1.54) is 0 Å². The van der Waals surface area contributed by atoms with Crippen LogP contribution >= 0.6 is 27.5 Å². The van der Waals surface area contributed by atoms with E-state index in [0.29, 0.717) is 18.8 Å². The molecule has 1 aliphatic heterocycles. The Labute approximate surface area is 129 Å². The molecule has 3 aliphatic rings. The normalized spacial score (nSPS) is 64.9. The van der Waals surface area contributed by atoms with Crippen LogP contribution in [0, 0.1) is 11.3 Å². The minimum absolute atomic E-state index is 0.126. The highest BCUT2D eigenvalue weighted by Crippen LogP contribution is 2.68. The highest BCUT2D eigenvalue weighted by atomic mass is 79.9. The van der Waals surface area contributed by atoms with Crippen LogP contribution < -0.4 is 0 Å². The molecule has 0 aromatic heterocycles. The Morgan fingerprint density at radius 3 is 2.53 bits per heavy atom. The first-order valence-electron chi connectivity index (χ1n) is 7.30. The highest BCUT2D eigenvalue weighted by Gasteiger charge is 2.74. The number of alkyl halides is 2. The Morgan fingerprint density at radius 2 is 1.89 bits per heavy atom. The van der Waals surface area contributed by atoms with Gasteiger partial charge in [0, 0.05) is 10.2 Å². The van der Waals surface area contributed by atoms with Crippen LogP contribution in [-0.4, -0.2) is 32.1 Å². The lowest BCUT2D eigenvalue weighted by Gasteiger charge is -2.50. The van der Waals surface area contributed by atoms with E-state index in [4.69, 9.17) is 16.3 Å². The first-order chi connectivity index (χ1) is 8.57. The zero-order chi connectivity index (χ0) is 14.3. The largest absolute Gasteiger partial charge is 0.386 e. The number of rotatable bonds is 0. The Hall–Kier alpha value is 0.690. The molecular weight excluding hydrogens is 328 g/mol. The molecule has 19 heavy (non-hydrogen) atoms. The smallest absolute Gasteiger partial charge is 0.100 e. The SMILES string of the molecule is CC1CCC2(C)C3(O)CC(Br)C(C)(Cl)CC3OC12C. The quantitative estimate of drug-likeness (QED) is 0.671. The summed E-state index contributed by atoms with van der Waals surface area (Å²) in [4.78, 5) is -0.215. The fraction of sp³-hybridized carbons (Fsp3) is 1.00. The molecule has 4 heteroatoms. The average Bonchev–Trinajstić information content (AvgIpc) is 2.60. The summed E-state index contributed by atoms with van der Waals surface area (Å²) >= 11 is 10.3. The maximum atomic E-state index is 11.4. The molecule has 2 aliphatic carbocycles. The summed E-state index contributed by atoms with van der Waals surface area (Å²) < 4.78 is 6.42. The summed E-state index contributed by atoms with van der Waals surface area (Å²) in [6, 6.07) is 0. The molecule has 0 aromatic rings. The first-order valence-corrected chi connectivity index (χ1v) is 8.59. The molecule has 7 atom stereocenters. The standard InChI is InChI=1S/C15H24BrClO2/c1-9-5-6-13(3)14(9,4)19-11-8-12(2,17)10(16)7-15(11,13)18/h9-11,18H,5-8H2,1-4H3. The number of hydrogen-bond acceptors (Lipinski definition) is 2. The molecule has 3 rings (SSSR count). The van der Waals surface area contributed by atoms with E-state index in [1.54, 1.807) is 0 Å². The summed E-state index contributed by atoms with van der Waals surface area (Å²) in [6.07, 6.45) is 3.42. The number of halogens is 2. The summed E-state index contributed by atoms with van der Waals surface area (Å²) in [7, 11) is 0. The fourth-order valence-electron chi connectivity index (χ4n) is 4.76. The van der Waals surface area contributed by atoms with E-state index in [0.717, 1.165) is 12.8 Å². The lowest BCUT2D eigenvalue weighted by molar-refractivity contribution is -0.112. The van der Waals surface area contributed by atoms with E-state index in [1.807, 2.05) is 6.92 Å². The molecule has 0 amide bonds. The Kier molecular flexibility index (Phi) is 3.01. The summed E-state index contributed by atoms with van der Waals surface area (Å²) in [5.74, 6) is 0.488. The van der Waals surface area contributed by atoms with Crippen molar-refractivity contribution in [2.24, 2.45) is 11.3 Å². The molecule has 2 nitrogen and oxygen atoms in total. The van der Waals surface area contributed by atoms with Crippen molar-refractivity contribution >= 4 is 27.5 Å². The van der Waals surface area contributed by atoms with Gasteiger partial charge >= 0.3 is 0 Å². The van der Waals surface area contributed by atoms with Crippen molar-refractivity contribution in [3.63, 3.8) is 0 Å². The van der Waals surface area contributed by atoms with Gasteiger partial charge in [-0.25, -0.2) is 0 Å². The molecule has 2 saturated carbocycles. The predicted molar refractivity (Wildman–Crippen MR) is 80.9 cm³/mol.